The van der Waals surface area contributed by atoms with E-state index in [1.807, 2.05) is 48.0 Å². The predicted octanol–water partition coefficient (Wildman–Crippen LogP) is 3.77. The maximum Gasteiger partial charge on any atom is 0.142 e. The number of hydrogen-bond acceptors (Lipinski definition) is 2. The van der Waals surface area contributed by atoms with Gasteiger partial charge in [-0.1, -0.05) is 23.7 Å². The molecule has 1 heterocycles. The molecule has 0 aliphatic carbocycles. The van der Waals surface area contributed by atoms with Crippen LogP contribution in [0.1, 0.15) is 5.56 Å². The first-order chi connectivity index (χ1) is 9.20. The number of aryl methyl sites for hydroxylation is 1. The standard InChI is InChI=1S/C15H10ClN3/c1-19-14-8-10(9-17)6-7-13(14)18-15(19)11-4-2-3-5-12(11)16/h2-8H,1H3. The zero-order valence-corrected chi connectivity index (χ0v) is 11.0. The van der Waals surface area contributed by atoms with Crippen LogP contribution in [0.3, 0.4) is 0 Å². The summed E-state index contributed by atoms with van der Waals surface area (Å²) < 4.78 is 1.96. The molecule has 3 rings (SSSR count). The highest BCUT2D eigenvalue weighted by atomic mass is 35.5. The molecule has 0 aliphatic heterocycles. The van der Waals surface area contributed by atoms with Crippen molar-refractivity contribution in [1.82, 2.24) is 9.55 Å². The van der Waals surface area contributed by atoms with Crippen molar-refractivity contribution < 1.29 is 0 Å². The summed E-state index contributed by atoms with van der Waals surface area (Å²) in [4.78, 5) is 4.59. The SMILES string of the molecule is Cn1c(-c2ccccc2Cl)nc2ccc(C#N)cc21. The Morgan fingerprint density at radius 1 is 1.21 bits per heavy atom. The molecule has 0 saturated heterocycles. The molecular formula is C15H10ClN3. The predicted molar refractivity (Wildman–Crippen MR) is 75.9 cm³/mol. The molecule has 0 atom stereocenters. The molecule has 19 heavy (non-hydrogen) atoms. The fraction of sp³-hybridized carbons (Fsp3) is 0.0667. The lowest BCUT2D eigenvalue weighted by molar-refractivity contribution is 0.959. The van der Waals surface area contributed by atoms with Crippen LogP contribution in [-0.2, 0) is 7.05 Å². The van der Waals surface area contributed by atoms with Gasteiger partial charge in [0.05, 0.1) is 27.7 Å². The third-order valence-corrected chi connectivity index (χ3v) is 3.45. The third-order valence-electron chi connectivity index (χ3n) is 3.12. The molecule has 92 valence electrons. The average molecular weight is 268 g/mol. The minimum absolute atomic E-state index is 0.626. The number of benzene rings is 2. The van der Waals surface area contributed by atoms with Crippen molar-refractivity contribution in [3.8, 4) is 17.5 Å². The van der Waals surface area contributed by atoms with E-state index in [4.69, 9.17) is 16.9 Å². The molecule has 0 amide bonds. The van der Waals surface area contributed by atoms with Gasteiger partial charge in [0.15, 0.2) is 0 Å². The summed E-state index contributed by atoms with van der Waals surface area (Å²) >= 11 is 6.21. The van der Waals surface area contributed by atoms with Crippen molar-refractivity contribution >= 4 is 22.6 Å². The summed E-state index contributed by atoms with van der Waals surface area (Å²) in [5.41, 5.74) is 3.30. The van der Waals surface area contributed by atoms with E-state index in [0.717, 1.165) is 22.4 Å². The summed E-state index contributed by atoms with van der Waals surface area (Å²) in [5, 5.41) is 9.62. The second-order valence-corrected chi connectivity index (χ2v) is 4.70. The minimum atomic E-state index is 0.626. The molecule has 3 aromatic rings. The lowest BCUT2D eigenvalue weighted by Crippen LogP contribution is -1.93. The van der Waals surface area contributed by atoms with Crippen molar-refractivity contribution in [2.75, 3.05) is 0 Å². The number of fused-ring (bicyclic) bond motifs is 1. The molecule has 4 heteroatoms. The highest BCUT2D eigenvalue weighted by Gasteiger charge is 2.12. The largest absolute Gasteiger partial charge is 0.327 e. The molecule has 1 aromatic heterocycles. The molecule has 3 nitrogen and oxygen atoms in total. The van der Waals surface area contributed by atoms with Gasteiger partial charge in [0.2, 0.25) is 0 Å². The summed E-state index contributed by atoms with van der Waals surface area (Å²) in [7, 11) is 1.93. The van der Waals surface area contributed by atoms with Crippen molar-refractivity contribution in [1.29, 1.82) is 5.26 Å². The van der Waals surface area contributed by atoms with Crippen LogP contribution < -0.4 is 0 Å². The Balaban J connectivity index is 2.30. The molecule has 0 spiro atoms. The van der Waals surface area contributed by atoms with Crippen LogP contribution >= 0.6 is 11.6 Å². The molecule has 2 aromatic carbocycles. The van der Waals surface area contributed by atoms with Gasteiger partial charge in [0, 0.05) is 12.6 Å². The van der Waals surface area contributed by atoms with Gasteiger partial charge in [-0.3, -0.25) is 0 Å². The monoisotopic (exact) mass is 267 g/mol. The Kier molecular flexibility index (Phi) is 2.73. The Labute approximate surface area is 115 Å². The topological polar surface area (TPSA) is 41.6 Å². The van der Waals surface area contributed by atoms with Crippen molar-refractivity contribution in [3.63, 3.8) is 0 Å². The van der Waals surface area contributed by atoms with E-state index in [1.54, 1.807) is 6.07 Å². The Hall–Kier alpha value is -2.31. The van der Waals surface area contributed by atoms with E-state index in [1.165, 1.54) is 0 Å². The van der Waals surface area contributed by atoms with Gasteiger partial charge in [-0.25, -0.2) is 4.98 Å². The van der Waals surface area contributed by atoms with Crippen molar-refractivity contribution in [2.45, 2.75) is 0 Å². The van der Waals surface area contributed by atoms with Crippen LogP contribution in [-0.4, -0.2) is 9.55 Å². The summed E-state index contributed by atoms with van der Waals surface area (Å²) in [5.74, 6) is 0.802. The van der Waals surface area contributed by atoms with E-state index >= 15 is 0 Å². The zero-order chi connectivity index (χ0) is 13.4. The van der Waals surface area contributed by atoms with E-state index in [2.05, 4.69) is 11.1 Å². The normalized spacial score (nSPS) is 10.6. The first kappa shape index (κ1) is 11.8. The number of aromatic nitrogens is 2. The zero-order valence-electron chi connectivity index (χ0n) is 10.3. The lowest BCUT2D eigenvalue weighted by atomic mass is 10.2. The number of nitriles is 1. The molecule has 0 saturated carbocycles. The number of hydrogen-bond donors (Lipinski definition) is 0. The van der Waals surface area contributed by atoms with Crippen molar-refractivity contribution in [2.24, 2.45) is 7.05 Å². The fourth-order valence-corrected chi connectivity index (χ4v) is 2.36. The summed E-state index contributed by atoms with van der Waals surface area (Å²) in [6.07, 6.45) is 0. The molecule has 0 bridgehead atoms. The smallest absolute Gasteiger partial charge is 0.142 e. The number of nitrogens with zero attached hydrogens (tertiary/aromatic N) is 3. The van der Waals surface area contributed by atoms with Gasteiger partial charge in [0.1, 0.15) is 5.82 Å². The number of imidazole rings is 1. The summed E-state index contributed by atoms with van der Waals surface area (Å²) in [6, 6.07) is 15.2. The average Bonchev–Trinajstić information content (AvgIpc) is 2.76. The summed E-state index contributed by atoms with van der Waals surface area (Å²) in [6.45, 7) is 0. The van der Waals surface area contributed by atoms with Gasteiger partial charge >= 0.3 is 0 Å². The van der Waals surface area contributed by atoms with E-state index in [-0.39, 0.29) is 0 Å². The molecule has 0 unspecified atom stereocenters. The second kappa shape index (κ2) is 4.42. The molecule has 0 radical (unpaired) electrons. The quantitative estimate of drug-likeness (QED) is 0.673. The van der Waals surface area contributed by atoms with Gasteiger partial charge in [-0.15, -0.1) is 0 Å². The second-order valence-electron chi connectivity index (χ2n) is 4.29. The van der Waals surface area contributed by atoms with Gasteiger partial charge in [-0.2, -0.15) is 5.26 Å². The van der Waals surface area contributed by atoms with Crippen LogP contribution in [0.5, 0.6) is 0 Å². The third kappa shape index (κ3) is 1.87. The van der Waals surface area contributed by atoms with E-state index < -0.39 is 0 Å². The Morgan fingerprint density at radius 2 is 2.00 bits per heavy atom. The van der Waals surface area contributed by atoms with E-state index in [0.29, 0.717) is 10.6 Å². The fourth-order valence-electron chi connectivity index (χ4n) is 2.14. The van der Waals surface area contributed by atoms with Gasteiger partial charge < -0.3 is 4.57 Å². The van der Waals surface area contributed by atoms with Crippen molar-refractivity contribution in [3.05, 3.63) is 53.1 Å². The first-order valence-electron chi connectivity index (χ1n) is 5.82. The molecule has 0 fully saturated rings. The Morgan fingerprint density at radius 3 is 2.74 bits per heavy atom. The minimum Gasteiger partial charge on any atom is -0.327 e. The number of rotatable bonds is 1. The van der Waals surface area contributed by atoms with Crippen LogP contribution in [0.25, 0.3) is 22.4 Å². The van der Waals surface area contributed by atoms with Crippen LogP contribution in [0.4, 0.5) is 0 Å². The van der Waals surface area contributed by atoms with Gasteiger partial charge in [0.25, 0.3) is 0 Å². The highest BCUT2D eigenvalue weighted by molar-refractivity contribution is 6.33. The Bertz CT molecular complexity index is 812. The molecular weight excluding hydrogens is 258 g/mol. The number of halogens is 1. The first-order valence-corrected chi connectivity index (χ1v) is 6.20. The van der Waals surface area contributed by atoms with Gasteiger partial charge in [-0.05, 0) is 30.3 Å². The van der Waals surface area contributed by atoms with Crippen LogP contribution in [0, 0.1) is 11.3 Å². The van der Waals surface area contributed by atoms with E-state index in [9.17, 15) is 0 Å². The maximum absolute atomic E-state index is 8.96. The molecule has 0 N–H and O–H groups in total. The van der Waals surface area contributed by atoms with Crippen LogP contribution in [0.15, 0.2) is 42.5 Å². The van der Waals surface area contributed by atoms with Crippen LogP contribution in [0.2, 0.25) is 5.02 Å². The highest BCUT2D eigenvalue weighted by Crippen LogP contribution is 2.29. The maximum atomic E-state index is 8.96. The lowest BCUT2D eigenvalue weighted by Gasteiger charge is -2.04. The molecule has 0 aliphatic rings.